The highest BCUT2D eigenvalue weighted by Gasteiger charge is 2.17. The number of hydrogen-bond acceptors (Lipinski definition) is 7. The van der Waals surface area contributed by atoms with Crippen LogP contribution in [0.4, 0.5) is 0 Å². The van der Waals surface area contributed by atoms with Crippen molar-refractivity contribution in [3.8, 4) is 0 Å². The SMILES string of the molecule is COCCOC(=O)c1nnn(CCCS(C)(=O)=O)c1C. The van der Waals surface area contributed by atoms with E-state index in [-0.39, 0.29) is 18.1 Å². The molecule has 0 aliphatic rings. The van der Waals surface area contributed by atoms with Crippen molar-refractivity contribution < 1.29 is 22.7 Å². The Morgan fingerprint density at radius 2 is 2.05 bits per heavy atom. The number of nitrogens with zero attached hydrogens (tertiary/aromatic N) is 3. The first-order valence-electron chi connectivity index (χ1n) is 6.09. The minimum absolute atomic E-state index is 0.0694. The summed E-state index contributed by atoms with van der Waals surface area (Å²) in [5.41, 5.74) is 0.696. The number of methoxy groups -OCH3 is 1. The third kappa shape index (κ3) is 5.25. The molecule has 1 rings (SSSR count). The second kappa shape index (κ2) is 7.34. The van der Waals surface area contributed by atoms with Crippen LogP contribution in [-0.2, 0) is 25.9 Å². The molecule has 9 heteroatoms. The van der Waals surface area contributed by atoms with Crippen LogP contribution < -0.4 is 0 Å². The normalized spacial score (nSPS) is 11.6. The monoisotopic (exact) mass is 305 g/mol. The van der Waals surface area contributed by atoms with Crippen molar-refractivity contribution in [3.05, 3.63) is 11.4 Å². The second-order valence-electron chi connectivity index (χ2n) is 4.36. The zero-order chi connectivity index (χ0) is 15.2. The average Bonchev–Trinajstić information content (AvgIpc) is 2.70. The molecular formula is C11H19N3O5S. The minimum Gasteiger partial charge on any atom is -0.458 e. The zero-order valence-corrected chi connectivity index (χ0v) is 12.6. The lowest BCUT2D eigenvalue weighted by atomic mass is 10.3. The van der Waals surface area contributed by atoms with Crippen LogP contribution in [-0.4, -0.2) is 61.7 Å². The highest BCUT2D eigenvalue weighted by Crippen LogP contribution is 2.06. The van der Waals surface area contributed by atoms with Crippen LogP contribution in [0, 0.1) is 6.92 Å². The summed E-state index contributed by atoms with van der Waals surface area (Å²) < 4.78 is 33.3. The lowest BCUT2D eigenvalue weighted by Gasteiger charge is -2.04. The van der Waals surface area contributed by atoms with Crippen LogP contribution in [0.1, 0.15) is 22.6 Å². The van der Waals surface area contributed by atoms with Crippen LogP contribution >= 0.6 is 0 Å². The molecule has 0 aromatic carbocycles. The van der Waals surface area contributed by atoms with Gasteiger partial charge in [-0.15, -0.1) is 5.10 Å². The van der Waals surface area contributed by atoms with Gasteiger partial charge < -0.3 is 9.47 Å². The first-order chi connectivity index (χ1) is 9.35. The fourth-order valence-corrected chi connectivity index (χ4v) is 2.18. The summed E-state index contributed by atoms with van der Waals surface area (Å²) >= 11 is 0. The maximum Gasteiger partial charge on any atom is 0.360 e. The molecule has 0 spiro atoms. The zero-order valence-electron chi connectivity index (χ0n) is 11.8. The molecular weight excluding hydrogens is 286 g/mol. The standard InChI is InChI=1S/C11H19N3O5S/c1-9-10(11(15)19-7-6-18-2)12-13-14(9)5-4-8-20(3,16)17/h4-8H2,1-3H3. The lowest BCUT2D eigenvalue weighted by Crippen LogP contribution is -2.13. The van der Waals surface area contributed by atoms with Gasteiger partial charge in [0.25, 0.3) is 0 Å². The summed E-state index contributed by atoms with van der Waals surface area (Å²) in [7, 11) is -1.49. The van der Waals surface area contributed by atoms with E-state index in [9.17, 15) is 13.2 Å². The molecule has 8 nitrogen and oxygen atoms in total. The molecule has 0 N–H and O–H groups in total. The molecule has 0 bridgehead atoms. The van der Waals surface area contributed by atoms with Crippen LogP contribution in [0.3, 0.4) is 0 Å². The number of carbonyl (C=O) groups excluding carboxylic acids is 1. The van der Waals surface area contributed by atoms with Gasteiger partial charge in [-0.3, -0.25) is 0 Å². The van der Waals surface area contributed by atoms with Crippen LogP contribution in [0.2, 0.25) is 0 Å². The van der Waals surface area contributed by atoms with Gasteiger partial charge in [0.05, 0.1) is 18.1 Å². The number of esters is 1. The molecule has 0 saturated carbocycles. The first kappa shape index (κ1) is 16.6. The van der Waals surface area contributed by atoms with Gasteiger partial charge in [-0.25, -0.2) is 17.9 Å². The van der Waals surface area contributed by atoms with E-state index >= 15 is 0 Å². The topological polar surface area (TPSA) is 100 Å². The molecule has 0 unspecified atom stereocenters. The van der Waals surface area contributed by atoms with Crippen LogP contribution in [0.25, 0.3) is 0 Å². The molecule has 0 amide bonds. The predicted octanol–water partition coefficient (Wildman–Crippen LogP) is -0.176. The van der Waals surface area contributed by atoms with Crippen molar-refractivity contribution in [3.63, 3.8) is 0 Å². The Morgan fingerprint density at radius 3 is 2.65 bits per heavy atom. The maximum atomic E-state index is 11.7. The molecule has 20 heavy (non-hydrogen) atoms. The summed E-state index contributed by atoms with van der Waals surface area (Å²) in [5, 5.41) is 7.58. The number of carbonyl (C=O) groups is 1. The summed E-state index contributed by atoms with van der Waals surface area (Å²) in [5.74, 6) is -0.492. The molecule has 1 aromatic heterocycles. The molecule has 0 saturated heterocycles. The summed E-state index contributed by atoms with van der Waals surface area (Å²) in [6.07, 6.45) is 1.60. The maximum absolute atomic E-state index is 11.7. The van der Waals surface area contributed by atoms with Crippen molar-refractivity contribution in [2.75, 3.05) is 32.3 Å². The molecule has 0 radical (unpaired) electrons. The fraction of sp³-hybridized carbons (Fsp3) is 0.727. The van der Waals surface area contributed by atoms with Crippen LogP contribution in [0.15, 0.2) is 0 Å². The smallest absolute Gasteiger partial charge is 0.360 e. The third-order valence-electron chi connectivity index (χ3n) is 2.58. The van der Waals surface area contributed by atoms with E-state index in [2.05, 4.69) is 10.3 Å². The van der Waals surface area contributed by atoms with Gasteiger partial charge in [-0.1, -0.05) is 5.21 Å². The molecule has 0 fully saturated rings. The Bertz CT molecular complexity index is 552. The molecule has 1 aromatic rings. The van der Waals surface area contributed by atoms with Gasteiger partial charge in [0.15, 0.2) is 5.69 Å². The predicted molar refractivity (Wildman–Crippen MR) is 71.2 cm³/mol. The highest BCUT2D eigenvalue weighted by molar-refractivity contribution is 7.90. The highest BCUT2D eigenvalue weighted by atomic mass is 32.2. The van der Waals surface area contributed by atoms with Crippen molar-refractivity contribution in [1.29, 1.82) is 0 Å². The van der Waals surface area contributed by atoms with E-state index in [1.165, 1.54) is 18.0 Å². The molecule has 114 valence electrons. The van der Waals surface area contributed by atoms with Gasteiger partial charge in [-0.2, -0.15) is 0 Å². The molecule has 0 aliphatic heterocycles. The average molecular weight is 305 g/mol. The van der Waals surface area contributed by atoms with E-state index in [1.54, 1.807) is 6.92 Å². The van der Waals surface area contributed by atoms with E-state index < -0.39 is 15.8 Å². The number of aryl methyl sites for hydroxylation is 1. The van der Waals surface area contributed by atoms with Crippen LogP contribution in [0.5, 0.6) is 0 Å². The molecule has 0 atom stereocenters. The van der Waals surface area contributed by atoms with E-state index in [4.69, 9.17) is 9.47 Å². The van der Waals surface area contributed by atoms with Gasteiger partial charge in [-0.05, 0) is 13.3 Å². The fourth-order valence-electron chi connectivity index (χ4n) is 1.52. The summed E-state index contributed by atoms with van der Waals surface area (Å²) in [6.45, 7) is 2.54. The summed E-state index contributed by atoms with van der Waals surface area (Å²) in [4.78, 5) is 11.7. The largest absolute Gasteiger partial charge is 0.458 e. The Kier molecular flexibility index (Phi) is 6.08. The number of hydrogen-bond donors (Lipinski definition) is 0. The minimum atomic E-state index is -3.00. The third-order valence-corrected chi connectivity index (χ3v) is 3.61. The van der Waals surface area contributed by atoms with Crippen molar-refractivity contribution in [2.24, 2.45) is 0 Å². The Labute approximate surface area is 118 Å². The number of aromatic nitrogens is 3. The van der Waals surface area contributed by atoms with E-state index in [0.717, 1.165) is 0 Å². The first-order valence-corrected chi connectivity index (χ1v) is 8.15. The van der Waals surface area contributed by atoms with Gasteiger partial charge >= 0.3 is 5.97 Å². The summed E-state index contributed by atoms with van der Waals surface area (Å²) in [6, 6.07) is 0. The number of rotatable bonds is 8. The van der Waals surface area contributed by atoms with Gasteiger partial charge in [0.2, 0.25) is 0 Å². The van der Waals surface area contributed by atoms with Crippen molar-refractivity contribution in [1.82, 2.24) is 15.0 Å². The Hall–Kier alpha value is -1.48. The molecule has 0 aliphatic carbocycles. The lowest BCUT2D eigenvalue weighted by molar-refractivity contribution is 0.0380. The van der Waals surface area contributed by atoms with E-state index in [0.29, 0.717) is 25.3 Å². The van der Waals surface area contributed by atoms with Gasteiger partial charge in [0, 0.05) is 19.9 Å². The van der Waals surface area contributed by atoms with Crippen molar-refractivity contribution >= 4 is 15.8 Å². The Balaban J connectivity index is 2.58. The molecule has 1 heterocycles. The van der Waals surface area contributed by atoms with Crippen molar-refractivity contribution in [2.45, 2.75) is 19.9 Å². The van der Waals surface area contributed by atoms with Gasteiger partial charge in [0.1, 0.15) is 16.4 Å². The van der Waals surface area contributed by atoms with E-state index in [1.807, 2.05) is 0 Å². The Morgan fingerprint density at radius 1 is 1.35 bits per heavy atom. The second-order valence-corrected chi connectivity index (χ2v) is 6.62. The quantitative estimate of drug-likeness (QED) is 0.485. The number of ether oxygens (including phenoxy) is 2. The number of sulfone groups is 1.